The molecule has 0 aromatic heterocycles. The highest BCUT2D eigenvalue weighted by Crippen LogP contribution is 2.20. The molecule has 100 valence electrons. The molecule has 1 rings (SSSR count). The fraction of sp³-hybridized carbons (Fsp3) is 0.417. The zero-order valence-corrected chi connectivity index (χ0v) is 9.67. The fourth-order valence-corrected chi connectivity index (χ4v) is 1.33. The summed E-state index contributed by atoms with van der Waals surface area (Å²) in [5.74, 6) is -1.10. The molecule has 18 heavy (non-hydrogen) atoms. The molecule has 3 nitrogen and oxygen atoms in total. The van der Waals surface area contributed by atoms with Gasteiger partial charge in [0.15, 0.2) is 0 Å². The number of benzene rings is 1. The number of hydrogen-bond donors (Lipinski definition) is 1. The molecule has 0 atom stereocenters. The van der Waals surface area contributed by atoms with Gasteiger partial charge in [-0.3, -0.25) is 4.79 Å². The lowest BCUT2D eigenvalue weighted by Crippen LogP contribution is -2.22. The largest absolute Gasteiger partial charge is 0.492 e. The molecule has 0 bridgehead atoms. The van der Waals surface area contributed by atoms with E-state index in [2.05, 4.69) is 0 Å². The van der Waals surface area contributed by atoms with Gasteiger partial charge in [0.2, 0.25) is 5.78 Å². The zero-order valence-electron chi connectivity index (χ0n) is 9.67. The van der Waals surface area contributed by atoms with Crippen LogP contribution in [0.5, 0.6) is 5.75 Å². The standard InChI is InChI=1S/C12H14F3NO2/c13-12(14,15)11(17)6-3-9-1-4-10(5-2-9)18-8-7-16/h1-2,4-5H,3,6-8,16H2. The van der Waals surface area contributed by atoms with Crippen molar-refractivity contribution >= 4 is 5.78 Å². The van der Waals surface area contributed by atoms with Crippen molar-refractivity contribution < 1.29 is 22.7 Å². The van der Waals surface area contributed by atoms with Crippen LogP contribution in [-0.4, -0.2) is 25.1 Å². The van der Waals surface area contributed by atoms with Gasteiger partial charge in [-0.15, -0.1) is 0 Å². The minimum Gasteiger partial charge on any atom is -0.492 e. The number of halogens is 3. The molecule has 0 heterocycles. The van der Waals surface area contributed by atoms with Crippen molar-refractivity contribution in [1.82, 2.24) is 0 Å². The molecule has 0 radical (unpaired) electrons. The molecule has 1 aromatic rings. The Balaban J connectivity index is 2.46. The van der Waals surface area contributed by atoms with Crippen LogP contribution >= 0.6 is 0 Å². The summed E-state index contributed by atoms with van der Waals surface area (Å²) >= 11 is 0. The highest BCUT2D eigenvalue weighted by atomic mass is 19.4. The van der Waals surface area contributed by atoms with Crippen LogP contribution in [0.25, 0.3) is 0 Å². The summed E-state index contributed by atoms with van der Waals surface area (Å²) in [7, 11) is 0. The number of Topliss-reactive ketones (excluding diaryl/α,β-unsaturated/α-hetero) is 1. The molecule has 0 aliphatic rings. The number of carbonyl (C=O) groups excluding carboxylic acids is 1. The van der Waals surface area contributed by atoms with Crippen LogP contribution in [0.2, 0.25) is 0 Å². The maximum atomic E-state index is 12.0. The highest BCUT2D eigenvalue weighted by molar-refractivity contribution is 5.84. The molecule has 0 saturated carbocycles. The number of ether oxygens (including phenoxy) is 1. The molecule has 2 N–H and O–H groups in total. The Morgan fingerprint density at radius 1 is 1.22 bits per heavy atom. The van der Waals surface area contributed by atoms with Crippen LogP contribution in [-0.2, 0) is 11.2 Å². The first kappa shape index (κ1) is 14.5. The summed E-state index contributed by atoms with van der Waals surface area (Å²) in [6.45, 7) is 0.772. The van der Waals surface area contributed by atoms with Crippen LogP contribution in [0.15, 0.2) is 24.3 Å². The lowest BCUT2D eigenvalue weighted by atomic mass is 10.1. The number of carbonyl (C=O) groups is 1. The van der Waals surface area contributed by atoms with Crippen LogP contribution in [0.4, 0.5) is 13.2 Å². The van der Waals surface area contributed by atoms with E-state index >= 15 is 0 Å². The van der Waals surface area contributed by atoms with Crippen LogP contribution in [0.3, 0.4) is 0 Å². The number of rotatable bonds is 6. The lowest BCUT2D eigenvalue weighted by molar-refractivity contribution is -0.171. The van der Waals surface area contributed by atoms with E-state index in [1.807, 2.05) is 0 Å². The average Bonchev–Trinajstić information content (AvgIpc) is 2.33. The smallest absolute Gasteiger partial charge is 0.449 e. The van der Waals surface area contributed by atoms with E-state index in [0.717, 1.165) is 0 Å². The number of hydrogen-bond acceptors (Lipinski definition) is 3. The first-order valence-corrected chi connectivity index (χ1v) is 5.45. The van der Waals surface area contributed by atoms with E-state index in [-0.39, 0.29) is 6.42 Å². The van der Waals surface area contributed by atoms with Crippen molar-refractivity contribution in [2.24, 2.45) is 5.73 Å². The molecule has 0 saturated heterocycles. The zero-order chi connectivity index (χ0) is 13.6. The first-order chi connectivity index (χ1) is 8.43. The fourth-order valence-electron chi connectivity index (χ4n) is 1.33. The van der Waals surface area contributed by atoms with Gasteiger partial charge in [0.1, 0.15) is 12.4 Å². The molecule has 1 aromatic carbocycles. The molecule has 0 aliphatic heterocycles. The quantitative estimate of drug-likeness (QED) is 0.853. The topological polar surface area (TPSA) is 52.3 Å². The van der Waals surface area contributed by atoms with E-state index in [1.165, 1.54) is 0 Å². The van der Waals surface area contributed by atoms with Gasteiger partial charge in [-0.25, -0.2) is 0 Å². The molecule has 0 fully saturated rings. The highest BCUT2D eigenvalue weighted by Gasteiger charge is 2.37. The summed E-state index contributed by atoms with van der Waals surface area (Å²) in [5.41, 5.74) is 5.92. The predicted molar refractivity (Wildman–Crippen MR) is 60.4 cm³/mol. The molecular weight excluding hydrogens is 247 g/mol. The minimum absolute atomic E-state index is 0.0650. The van der Waals surface area contributed by atoms with Crippen LogP contribution in [0, 0.1) is 0 Å². The second-order valence-electron chi connectivity index (χ2n) is 3.70. The molecule has 6 heteroatoms. The van der Waals surface area contributed by atoms with Gasteiger partial charge in [-0.2, -0.15) is 13.2 Å². The second-order valence-corrected chi connectivity index (χ2v) is 3.70. The average molecular weight is 261 g/mol. The van der Waals surface area contributed by atoms with Crippen LogP contribution in [0.1, 0.15) is 12.0 Å². The van der Waals surface area contributed by atoms with Crippen molar-refractivity contribution in [3.05, 3.63) is 29.8 Å². The monoisotopic (exact) mass is 261 g/mol. The Morgan fingerprint density at radius 2 is 1.83 bits per heavy atom. The van der Waals surface area contributed by atoms with Crippen molar-refractivity contribution in [2.75, 3.05) is 13.2 Å². The molecule has 0 spiro atoms. The minimum atomic E-state index is -4.75. The van der Waals surface area contributed by atoms with Crippen molar-refractivity contribution in [3.63, 3.8) is 0 Å². The summed E-state index contributed by atoms with van der Waals surface area (Å²) in [6.07, 6.45) is -5.22. The maximum Gasteiger partial charge on any atom is 0.449 e. The van der Waals surface area contributed by atoms with Crippen LogP contribution < -0.4 is 10.5 Å². The van der Waals surface area contributed by atoms with Crippen molar-refractivity contribution in [2.45, 2.75) is 19.0 Å². The Labute approximate surface area is 103 Å². The van der Waals surface area contributed by atoms with Gasteiger partial charge in [0.05, 0.1) is 0 Å². The summed E-state index contributed by atoms with van der Waals surface area (Å²) in [5, 5.41) is 0. The van der Waals surface area contributed by atoms with Gasteiger partial charge >= 0.3 is 6.18 Å². The SMILES string of the molecule is NCCOc1ccc(CCC(=O)C(F)(F)F)cc1. The molecule has 0 amide bonds. The second kappa shape index (κ2) is 6.39. The van der Waals surface area contributed by atoms with Gasteiger partial charge in [0.25, 0.3) is 0 Å². The van der Waals surface area contributed by atoms with E-state index in [0.29, 0.717) is 24.5 Å². The van der Waals surface area contributed by atoms with Gasteiger partial charge in [-0.05, 0) is 24.1 Å². The molecule has 0 unspecified atom stereocenters. The third-order valence-corrected chi connectivity index (χ3v) is 2.27. The number of ketones is 1. The van der Waals surface area contributed by atoms with E-state index in [1.54, 1.807) is 24.3 Å². The van der Waals surface area contributed by atoms with Gasteiger partial charge in [-0.1, -0.05) is 12.1 Å². The molecule has 0 aliphatic carbocycles. The third-order valence-electron chi connectivity index (χ3n) is 2.27. The number of alkyl halides is 3. The Hall–Kier alpha value is -1.56. The van der Waals surface area contributed by atoms with Gasteiger partial charge in [0, 0.05) is 13.0 Å². The summed E-state index contributed by atoms with van der Waals surface area (Å²) in [6, 6.07) is 6.55. The number of aryl methyl sites for hydroxylation is 1. The van der Waals surface area contributed by atoms with Crippen molar-refractivity contribution in [1.29, 1.82) is 0 Å². The van der Waals surface area contributed by atoms with E-state index < -0.39 is 18.4 Å². The third kappa shape index (κ3) is 4.75. The number of nitrogens with two attached hydrogens (primary N) is 1. The maximum absolute atomic E-state index is 12.0. The summed E-state index contributed by atoms with van der Waals surface area (Å²) in [4.78, 5) is 10.7. The summed E-state index contributed by atoms with van der Waals surface area (Å²) < 4.78 is 41.1. The normalized spacial score (nSPS) is 11.3. The van der Waals surface area contributed by atoms with E-state index in [9.17, 15) is 18.0 Å². The Bertz CT molecular complexity index is 387. The van der Waals surface area contributed by atoms with E-state index in [4.69, 9.17) is 10.5 Å². The Morgan fingerprint density at radius 3 is 2.33 bits per heavy atom. The predicted octanol–water partition coefficient (Wildman–Crippen LogP) is 2.09. The molecular formula is C12H14F3NO2. The lowest BCUT2D eigenvalue weighted by Gasteiger charge is -2.07. The van der Waals surface area contributed by atoms with Gasteiger partial charge < -0.3 is 10.5 Å². The van der Waals surface area contributed by atoms with Crippen molar-refractivity contribution in [3.8, 4) is 5.75 Å². The Kier molecular flexibility index (Phi) is 5.15. The first-order valence-electron chi connectivity index (χ1n) is 5.45.